The van der Waals surface area contributed by atoms with Crippen LogP contribution in [0.4, 0.5) is 17.6 Å². The Hall–Kier alpha value is -4.75. The Kier molecular flexibility index (Phi) is 7.65. The van der Waals surface area contributed by atoms with E-state index >= 15 is 0 Å². The van der Waals surface area contributed by atoms with Crippen LogP contribution in [0.5, 0.6) is 0 Å². The van der Waals surface area contributed by atoms with Crippen LogP contribution in [-0.2, 0) is 15.8 Å². The number of rotatable bonds is 6. The molecule has 0 spiro atoms. The second-order valence-corrected chi connectivity index (χ2v) is 8.60. The number of aromatic amines is 1. The smallest absolute Gasteiger partial charge is 0.417 e. The van der Waals surface area contributed by atoms with Crippen molar-refractivity contribution in [3.8, 4) is 11.3 Å². The van der Waals surface area contributed by atoms with Gasteiger partial charge in [-0.15, -0.1) is 0 Å². The van der Waals surface area contributed by atoms with Gasteiger partial charge < -0.3 is 20.2 Å². The second kappa shape index (κ2) is 10.9. The van der Waals surface area contributed by atoms with E-state index in [2.05, 4.69) is 15.5 Å². The zero-order chi connectivity index (χ0) is 28.3. The summed E-state index contributed by atoms with van der Waals surface area (Å²) in [4.78, 5) is 51.7. The van der Waals surface area contributed by atoms with Crippen LogP contribution in [-0.4, -0.2) is 81.0 Å². The number of amides is 3. The number of hydrogen-bond acceptors (Lipinski definition) is 5. The highest BCUT2D eigenvalue weighted by molar-refractivity contribution is 5.98. The molecule has 0 saturated carbocycles. The van der Waals surface area contributed by atoms with Crippen molar-refractivity contribution in [3.05, 3.63) is 77.2 Å². The first kappa shape index (κ1) is 27.3. The summed E-state index contributed by atoms with van der Waals surface area (Å²) in [5, 5.41) is 18.6. The maximum absolute atomic E-state index is 13.7. The van der Waals surface area contributed by atoms with E-state index in [9.17, 15) is 41.8 Å². The Labute approximate surface area is 218 Å². The highest BCUT2D eigenvalue weighted by Crippen LogP contribution is 2.33. The molecule has 2 heterocycles. The minimum absolute atomic E-state index is 0.0117. The molecule has 10 nitrogen and oxygen atoms in total. The van der Waals surface area contributed by atoms with Crippen molar-refractivity contribution in [2.45, 2.75) is 12.2 Å². The van der Waals surface area contributed by atoms with Crippen LogP contribution >= 0.6 is 0 Å². The number of piperazine rings is 1. The first-order chi connectivity index (χ1) is 18.5. The lowest BCUT2D eigenvalue weighted by molar-refractivity contribution is -0.152. The lowest BCUT2D eigenvalue weighted by Crippen LogP contribution is -2.60. The van der Waals surface area contributed by atoms with Gasteiger partial charge in [-0.3, -0.25) is 19.5 Å². The SMILES string of the molecule is O=C(NCC(=O)N1CCN(C(=O)c2cc(F)ccc2C(F)(F)F)CC1C(=O)O)c1cc(-c2ccccc2)[nH]n1. The Morgan fingerprint density at radius 1 is 1.05 bits per heavy atom. The molecule has 1 saturated heterocycles. The monoisotopic (exact) mass is 547 g/mol. The number of alkyl halides is 3. The van der Waals surface area contributed by atoms with Crippen LogP contribution < -0.4 is 5.32 Å². The summed E-state index contributed by atoms with van der Waals surface area (Å²) in [6.45, 7) is -1.88. The predicted octanol–water partition coefficient (Wildman–Crippen LogP) is 2.40. The number of halogens is 4. The van der Waals surface area contributed by atoms with Crippen molar-refractivity contribution in [1.29, 1.82) is 0 Å². The van der Waals surface area contributed by atoms with Crippen LogP contribution in [0.1, 0.15) is 26.4 Å². The zero-order valence-electron chi connectivity index (χ0n) is 20.0. The largest absolute Gasteiger partial charge is 0.480 e. The van der Waals surface area contributed by atoms with Gasteiger partial charge in [-0.2, -0.15) is 18.3 Å². The van der Waals surface area contributed by atoms with E-state index in [0.29, 0.717) is 23.9 Å². The summed E-state index contributed by atoms with van der Waals surface area (Å²) in [5.41, 5.74) is -1.01. The maximum Gasteiger partial charge on any atom is 0.417 e. The van der Waals surface area contributed by atoms with Gasteiger partial charge in [0.25, 0.3) is 11.8 Å². The van der Waals surface area contributed by atoms with Crippen molar-refractivity contribution in [3.63, 3.8) is 0 Å². The average Bonchev–Trinajstić information content (AvgIpc) is 3.41. The van der Waals surface area contributed by atoms with Gasteiger partial charge in [0.05, 0.1) is 29.9 Å². The van der Waals surface area contributed by atoms with Crippen LogP contribution in [0.25, 0.3) is 11.3 Å². The fourth-order valence-electron chi connectivity index (χ4n) is 4.14. The lowest BCUT2D eigenvalue weighted by atomic mass is 10.0. The van der Waals surface area contributed by atoms with Gasteiger partial charge in [0.2, 0.25) is 5.91 Å². The van der Waals surface area contributed by atoms with E-state index in [1.165, 1.54) is 6.07 Å². The molecule has 1 fully saturated rings. The average molecular weight is 547 g/mol. The highest BCUT2D eigenvalue weighted by Gasteiger charge is 2.40. The van der Waals surface area contributed by atoms with Gasteiger partial charge in [0.15, 0.2) is 5.69 Å². The Balaban J connectivity index is 1.41. The summed E-state index contributed by atoms with van der Waals surface area (Å²) in [6, 6.07) is 10.3. The first-order valence-corrected chi connectivity index (χ1v) is 11.5. The molecule has 2 aromatic carbocycles. The fourth-order valence-corrected chi connectivity index (χ4v) is 4.14. The minimum atomic E-state index is -4.95. The number of aliphatic carboxylic acids is 1. The van der Waals surface area contributed by atoms with Crippen molar-refractivity contribution >= 4 is 23.7 Å². The maximum atomic E-state index is 13.7. The standard InChI is InChI=1S/C25H21F4N5O5/c26-15-6-7-17(25(27,28)29)16(10-15)23(37)33-8-9-34(20(13-33)24(38)39)21(35)12-30-22(36)19-11-18(31-32-19)14-4-2-1-3-5-14/h1-7,10-11,20H,8-9,12-13H2,(H,30,36)(H,31,32)(H,38,39). The lowest BCUT2D eigenvalue weighted by Gasteiger charge is -2.39. The molecule has 39 heavy (non-hydrogen) atoms. The number of carboxylic acid groups (broad SMARTS) is 1. The van der Waals surface area contributed by atoms with E-state index in [4.69, 9.17) is 0 Å². The van der Waals surface area contributed by atoms with E-state index in [1.807, 2.05) is 6.07 Å². The normalized spacial score (nSPS) is 15.6. The molecule has 3 amide bonds. The molecule has 0 aliphatic carbocycles. The third kappa shape index (κ3) is 6.05. The van der Waals surface area contributed by atoms with Crippen LogP contribution in [0.15, 0.2) is 54.6 Å². The quantitative estimate of drug-likeness (QED) is 0.406. The molecule has 4 rings (SSSR count). The zero-order valence-corrected chi connectivity index (χ0v) is 20.0. The van der Waals surface area contributed by atoms with E-state index in [0.717, 1.165) is 15.4 Å². The van der Waals surface area contributed by atoms with E-state index < -0.39 is 65.9 Å². The summed E-state index contributed by atoms with van der Waals surface area (Å²) >= 11 is 0. The van der Waals surface area contributed by atoms with Crippen molar-refractivity contribution in [2.75, 3.05) is 26.2 Å². The first-order valence-electron chi connectivity index (χ1n) is 11.5. The Morgan fingerprint density at radius 3 is 2.44 bits per heavy atom. The number of aromatic nitrogens is 2. The van der Waals surface area contributed by atoms with Gasteiger partial charge in [-0.05, 0) is 29.8 Å². The number of benzene rings is 2. The summed E-state index contributed by atoms with van der Waals surface area (Å²) < 4.78 is 53.7. The number of carbonyl (C=O) groups excluding carboxylic acids is 3. The van der Waals surface area contributed by atoms with Gasteiger partial charge in [-0.1, -0.05) is 30.3 Å². The molecule has 1 aliphatic rings. The van der Waals surface area contributed by atoms with Crippen LogP contribution in [0.2, 0.25) is 0 Å². The van der Waals surface area contributed by atoms with Crippen LogP contribution in [0, 0.1) is 5.82 Å². The Morgan fingerprint density at radius 2 is 1.77 bits per heavy atom. The third-order valence-electron chi connectivity index (χ3n) is 6.09. The summed E-state index contributed by atoms with van der Waals surface area (Å²) in [6.07, 6.45) is -4.95. The van der Waals surface area contributed by atoms with Crippen molar-refractivity contribution in [1.82, 2.24) is 25.3 Å². The number of nitrogens with one attached hydrogen (secondary N) is 2. The van der Waals surface area contributed by atoms with Gasteiger partial charge in [0, 0.05) is 13.1 Å². The molecule has 1 atom stereocenters. The molecule has 14 heteroatoms. The molecular formula is C25H21F4N5O5. The summed E-state index contributed by atoms with van der Waals surface area (Å²) in [5.74, 6) is -5.29. The van der Waals surface area contributed by atoms with E-state index in [1.54, 1.807) is 24.3 Å². The van der Waals surface area contributed by atoms with Crippen molar-refractivity contribution < 1.29 is 41.8 Å². The number of hydrogen-bond donors (Lipinski definition) is 3. The molecule has 0 radical (unpaired) electrons. The van der Waals surface area contributed by atoms with E-state index in [-0.39, 0.29) is 18.8 Å². The molecule has 0 bridgehead atoms. The molecule has 204 valence electrons. The Bertz CT molecular complexity index is 1410. The molecule has 1 unspecified atom stereocenters. The molecule has 1 aromatic heterocycles. The van der Waals surface area contributed by atoms with Crippen molar-refractivity contribution in [2.24, 2.45) is 0 Å². The number of H-pyrrole nitrogens is 1. The summed E-state index contributed by atoms with van der Waals surface area (Å²) in [7, 11) is 0. The topological polar surface area (TPSA) is 136 Å². The third-order valence-corrected chi connectivity index (χ3v) is 6.09. The van der Waals surface area contributed by atoms with Gasteiger partial charge in [0.1, 0.15) is 11.9 Å². The number of carbonyl (C=O) groups is 4. The second-order valence-electron chi connectivity index (χ2n) is 8.60. The van der Waals surface area contributed by atoms with Gasteiger partial charge >= 0.3 is 12.1 Å². The molecule has 1 aliphatic heterocycles. The molecule has 3 aromatic rings. The fraction of sp³-hybridized carbons (Fsp3) is 0.240. The minimum Gasteiger partial charge on any atom is -0.480 e. The highest BCUT2D eigenvalue weighted by atomic mass is 19.4. The predicted molar refractivity (Wildman–Crippen MR) is 127 cm³/mol. The number of nitrogens with zero attached hydrogens (tertiary/aromatic N) is 3. The van der Waals surface area contributed by atoms with Gasteiger partial charge in [-0.25, -0.2) is 9.18 Å². The molecule has 3 N–H and O–H groups in total. The van der Waals surface area contributed by atoms with Crippen LogP contribution in [0.3, 0.4) is 0 Å². The number of carboxylic acids is 1. The molecular weight excluding hydrogens is 526 g/mol.